The zero-order valence-corrected chi connectivity index (χ0v) is 13.9. The average Bonchev–Trinajstić information content (AvgIpc) is 2.58. The van der Waals surface area contributed by atoms with Gasteiger partial charge < -0.3 is 10.2 Å². The number of nitriles is 1. The van der Waals surface area contributed by atoms with E-state index in [4.69, 9.17) is 0 Å². The largest absolute Gasteiger partial charge is 0.372 e. The van der Waals surface area contributed by atoms with Crippen LogP contribution in [0.3, 0.4) is 0 Å². The summed E-state index contributed by atoms with van der Waals surface area (Å²) in [5.74, 6) is 0.281. The molecular formula is C17H19N5O2. The van der Waals surface area contributed by atoms with Crippen LogP contribution in [0.1, 0.15) is 11.1 Å². The Balaban J connectivity index is 2.01. The molecule has 2 aromatic rings. The van der Waals surface area contributed by atoms with Crippen LogP contribution in [0.2, 0.25) is 0 Å². The molecule has 1 aliphatic rings. The van der Waals surface area contributed by atoms with E-state index in [1.807, 2.05) is 25.2 Å². The van der Waals surface area contributed by atoms with Gasteiger partial charge in [-0.1, -0.05) is 18.2 Å². The molecule has 0 spiro atoms. The summed E-state index contributed by atoms with van der Waals surface area (Å²) in [4.78, 5) is 26.5. The molecule has 2 heterocycles. The van der Waals surface area contributed by atoms with Crippen molar-refractivity contribution in [3.8, 4) is 6.07 Å². The molecule has 1 aliphatic heterocycles. The Morgan fingerprint density at radius 3 is 2.58 bits per heavy atom. The summed E-state index contributed by atoms with van der Waals surface area (Å²) in [5.41, 5.74) is 1.30. The predicted molar refractivity (Wildman–Crippen MR) is 92.5 cm³/mol. The Hall–Kier alpha value is -3.01. The maximum Gasteiger partial charge on any atom is 0.332 e. The number of para-hydroxylation sites is 1. The third-order valence-corrected chi connectivity index (χ3v) is 4.48. The lowest BCUT2D eigenvalue weighted by Crippen LogP contribution is -2.44. The van der Waals surface area contributed by atoms with Crippen molar-refractivity contribution in [3.05, 3.63) is 56.2 Å². The molecular weight excluding hydrogens is 306 g/mol. The maximum absolute atomic E-state index is 12.2. The molecule has 1 N–H and O–H groups in total. The number of rotatable bonds is 2. The van der Waals surface area contributed by atoms with Gasteiger partial charge in [0.25, 0.3) is 5.56 Å². The number of hydrogen-bond donors (Lipinski definition) is 1. The van der Waals surface area contributed by atoms with Crippen molar-refractivity contribution in [1.82, 2.24) is 9.13 Å². The van der Waals surface area contributed by atoms with Crippen LogP contribution in [0.15, 0.2) is 33.9 Å². The number of nitrogens with one attached hydrogen (secondary N) is 1. The number of likely N-dealkylation sites (N-methyl/N-ethyl adjacent to an activating group) is 1. The summed E-state index contributed by atoms with van der Waals surface area (Å²) in [7, 11) is 4.94. The molecule has 0 saturated heterocycles. The van der Waals surface area contributed by atoms with E-state index in [1.165, 1.54) is 22.9 Å². The minimum Gasteiger partial charge on any atom is -0.372 e. The summed E-state index contributed by atoms with van der Waals surface area (Å²) in [6.07, 6.45) is 0.759. The molecule has 0 radical (unpaired) electrons. The van der Waals surface area contributed by atoms with Crippen molar-refractivity contribution in [2.45, 2.75) is 12.5 Å². The van der Waals surface area contributed by atoms with Crippen molar-refractivity contribution in [3.63, 3.8) is 0 Å². The quantitative estimate of drug-likeness (QED) is 0.866. The lowest BCUT2D eigenvalue weighted by atomic mass is 9.98. The first-order valence-electron chi connectivity index (χ1n) is 7.69. The summed E-state index contributed by atoms with van der Waals surface area (Å²) < 4.78 is 2.27. The van der Waals surface area contributed by atoms with Crippen LogP contribution in [0.5, 0.6) is 0 Å². The second-order valence-corrected chi connectivity index (χ2v) is 6.10. The van der Waals surface area contributed by atoms with Gasteiger partial charge in [0, 0.05) is 39.4 Å². The zero-order valence-electron chi connectivity index (χ0n) is 13.9. The van der Waals surface area contributed by atoms with Gasteiger partial charge in [-0.2, -0.15) is 5.26 Å². The Morgan fingerprint density at radius 1 is 1.17 bits per heavy atom. The Kier molecular flexibility index (Phi) is 3.89. The van der Waals surface area contributed by atoms with Gasteiger partial charge in [0.15, 0.2) is 5.56 Å². The van der Waals surface area contributed by atoms with Gasteiger partial charge in [-0.05, 0) is 18.1 Å². The summed E-state index contributed by atoms with van der Waals surface area (Å²) in [5, 5.41) is 12.6. The van der Waals surface area contributed by atoms with Gasteiger partial charge in [-0.25, -0.2) is 4.79 Å². The lowest BCUT2D eigenvalue weighted by Gasteiger charge is -2.34. The third kappa shape index (κ3) is 2.46. The van der Waals surface area contributed by atoms with Gasteiger partial charge in [0.1, 0.15) is 11.9 Å². The number of aromatic nitrogens is 2. The highest BCUT2D eigenvalue weighted by Gasteiger charge is 2.24. The Morgan fingerprint density at radius 2 is 1.88 bits per heavy atom. The maximum atomic E-state index is 12.2. The fourth-order valence-corrected chi connectivity index (χ4v) is 3.22. The van der Waals surface area contributed by atoms with Gasteiger partial charge in [-0.15, -0.1) is 0 Å². The molecule has 0 aliphatic carbocycles. The van der Waals surface area contributed by atoms with Crippen LogP contribution in [-0.4, -0.2) is 28.8 Å². The lowest BCUT2D eigenvalue weighted by molar-refractivity contribution is 0.636. The van der Waals surface area contributed by atoms with Gasteiger partial charge in [0.05, 0.1) is 0 Å². The van der Waals surface area contributed by atoms with E-state index in [1.54, 1.807) is 7.05 Å². The molecule has 1 atom stereocenters. The van der Waals surface area contributed by atoms with Crippen molar-refractivity contribution < 1.29 is 0 Å². The van der Waals surface area contributed by atoms with E-state index in [9.17, 15) is 14.9 Å². The highest BCUT2D eigenvalue weighted by molar-refractivity contribution is 5.58. The topological polar surface area (TPSA) is 83.1 Å². The number of benzene rings is 1. The molecule has 3 rings (SSSR count). The summed E-state index contributed by atoms with van der Waals surface area (Å²) >= 11 is 0. The molecule has 24 heavy (non-hydrogen) atoms. The fraction of sp³-hybridized carbons (Fsp3) is 0.353. The van der Waals surface area contributed by atoms with Crippen LogP contribution >= 0.6 is 0 Å². The van der Waals surface area contributed by atoms with Gasteiger partial charge in [-0.3, -0.25) is 13.9 Å². The highest BCUT2D eigenvalue weighted by atomic mass is 16.2. The van der Waals surface area contributed by atoms with Gasteiger partial charge >= 0.3 is 5.69 Å². The van der Waals surface area contributed by atoms with Crippen molar-refractivity contribution in [2.24, 2.45) is 14.1 Å². The molecule has 1 aromatic carbocycles. The predicted octanol–water partition coefficient (Wildman–Crippen LogP) is 0.429. The van der Waals surface area contributed by atoms with E-state index in [-0.39, 0.29) is 17.4 Å². The van der Waals surface area contributed by atoms with E-state index < -0.39 is 11.2 Å². The van der Waals surface area contributed by atoms with Crippen molar-refractivity contribution >= 4 is 11.5 Å². The van der Waals surface area contributed by atoms with E-state index in [0.29, 0.717) is 6.54 Å². The third-order valence-electron chi connectivity index (χ3n) is 4.48. The first-order valence-corrected chi connectivity index (χ1v) is 7.69. The average molecular weight is 325 g/mol. The molecule has 7 nitrogen and oxygen atoms in total. The molecule has 124 valence electrons. The summed E-state index contributed by atoms with van der Waals surface area (Å²) in [6.45, 7) is 0.714. The standard InChI is InChI=1S/C17H19N5O2/c1-20-10-12(8-11-6-4-5-7-14(11)20)19-15-13(9-18)16(23)22(3)17(24)21(15)2/h4-7,12,19H,8,10H2,1-3H3. The molecule has 1 aromatic heterocycles. The molecule has 0 fully saturated rings. The molecule has 1 unspecified atom stereocenters. The fourth-order valence-electron chi connectivity index (χ4n) is 3.22. The number of anilines is 2. The second kappa shape index (κ2) is 5.89. The molecule has 0 amide bonds. The van der Waals surface area contributed by atoms with E-state index >= 15 is 0 Å². The summed E-state index contributed by atoms with van der Waals surface area (Å²) in [6, 6.07) is 10.0. The monoisotopic (exact) mass is 325 g/mol. The SMILES string of the molecule is CN1CC(Nc2c(C#N)c(=O)n(C)c(=O)n2C)Cc2ccccc21. The second-order valence-electron chi connectivity index (χ2n) is 6.10. The smallest absolute Gasteiger partial charge is 0.332 e. The van der Waals surface area contributed by atoms with Crippen LogP contribution in [0.25, 0.3) is 0 Å². The van der Waals surface area contributed by atoms with Crippen molar-refractivity contribution in [2.75, 3.05) is 23.8 Å². The van der Waals surface area contributed by atoms with Crippen LogP contribution in [-0.2, 0) is 20.5 Å². The van der Waals surface area contributed by atoms with Crippen LogP contribution in [0, 0.1) is 11.3 Å². The van der Waals surface area contributed by atoms with E-state index in [2.05, 4.69) is 22.3 Å². The first kappa shape index (κ1) is 15.9. The number of fused-ring (bicyclic) bond motifs is 1. The molecule has 0 bridgehead atoms. The number of hydrogen-bond acceptors (Lipinski definition) is 5. The minimum atomic E-state index is -0.576. The van der Waals surface area contributed by atoms with Crippen LogP contribution in [0.4, 0.5) is 11.5 Å². The molecule has 0 saturated carbocycles. The van der Waals surface area contributed by atoms with Gasteiger partial charge in [0.2, 0.25) is 0 Å². The normalized spacial score (nSPS) is 16.4. The Labute approximate surface area is 139 Å². The zero-order chi connectivity index (χ0) is 17.4. The number of nitrogens with zero attached hydrogens (tertiary/aromatic N) is 4. The minimum absolute atomic E-state index is 0.00490. The first-order chi connectivity index (χ1) is 11.4. The van der Waals surface area contributed by atoms with E-state index in [0.717, 1.165) is 11.0 Å². The Bertz CT molecular complexity index is 951. The highest BCUT2D eigenvalue weighted by Crippen LogP contribution is 2.26. The van der Waals surface area contributed by atoms with Crippen LogP contribution < -0.4 is 21.5 Å². The van der Waals surface area contributed by atoms with Crippen molar-refractivity contribution in [1.29, 1.82) is 5.26 Å². The molecule has 7 heteroatoms.